The first-order chi connectivity index (χ1) is 34.3. The monoisotopic (exact) mass is 896 g/mol. The number of anilines is 3. The molecule has 0 fully saturated rings. The molecule has 1 heterocycles. The predicted octanol–water partition coefficient (Wildman–Crippen LogP) is 18.9. The largest absolute Gasteiger partial charge is 0.310 e. The highest BCUT2D eigenvalue weighted by atomic mass is 15.1. The van der Waals surface area contributed by atoms with Crippen molar-refractivity contribution in [2.75, 3.05) is 4.90 Å². The number of benzene rings is 10. The molecule has 70 heavy (non-hydrogen) atoms. The minimum absolute atomic E-state index is 0.166. The van der Waals surface area contributed by atoms with Gasteiger partial charge in [0.1, 0.15) is 0 Å². The van der Waals surface area contributed by atoms with E-state index in [2.05, 4.69) is 279 Å². The molecule has 0 spiro atoms. The van der Waals surface area contributed by atoms with Crippen molar-refractivity contribution in [3.8, 4) is 50.2 Å². The molecular weight excluding hydrogens is 845 g/mol. The first kappa shape index (κ1) is 42.6. The van der Waals surface area contributed by atoms with Crippen LogP contribution in [0.2, 0.25) is 0 Å². The van der Waals surface area contributed by atoms with Gasteiger partial charge in [-0.25, -0.2) is 0 Å². The molecule has 0 radical (unpaired) electrons. The van der Waals surface area contributed by atoms with Crippen molar-refractivity contribution in [1.82, 2.24) is 4.57 Å². The topological polar surface area (TPSA) is 8.17 Å². The van der Waals surface area contributed by atoms with Gasteiger partial charge in [0.25, 0.3) is 0 Å². The van der Waals surface area contributed by atoms with Gasteiger partial charge in [0, 0.05) is 38.9 Å². The molecule has 12 rings (SSSR count). The van der Waals surface area contributed by atoms with Crippen molar-refractivity contribution in [2.45, 2.75) is 26.2 Å². The Morgan fingerprint density at radius 1 is 0.429 bits per heavy atom. The highest BCUT2D eigenvalue weighted by Crippen LogP contribution is 2.49. The highest BCUT2D eigenvalue weighted by Gasteiger charge is 2.35. The number of nitrogens with zero attached hydrogens (tertiary/aromatic N) is 2. The van der Waals surface area contributed by atoms with Gasteiger partial charge in [0.05, 0.1) is 11.0 Å². The Morgan fingerprint density at radius 2 is 0.971 bits per heavy atom. The van der Waals surface area contributed by atoms with Crippen LogP contribution in [0.1, 0.15) is 31.9 Å². The van der Waals surface area contributed by atoms with Crippen LogP contribution < -0.4 is 4.90 Å². The Kier molecular flexibility index (Phi) is 10.6. The third kappa shape index (κ3) is 7.46. The van der Waals surface area contributed by atoms with Crippen LogP contribution in [0.4, 0.5) is 17.1 Å². The van der Waals surface area contributed by atoms with E-state index in [-0.39, 0.29) is 5.41 Å². The van der Waals surface area contributed by atoms with E-state index in [4.69, 9.17) is 0 Å². The van der Waals surface area contributed by atoms with Gasteiger partial charge in [-0.3, -0.25) is 0 Å². The molecule has 0 saturated carbocycles. The third-order valence-electron chi connectivity index (χ3n) is 14.6. The van der Waals surface area contributed by atoms with Gasteiger partial charge in [-0.1, -0.05) is 196 Å². The number of aromatic nitrogens is 1. The molecule has 1 aliphatic rings. The van der Waals surface area contributed by atoms with E-state index in [1.807, 2.05) is 6.08 Å². The molecule has 0 aliphatic heterocycles. The molecule has 0 bridgehead atoms. The zero-order chi connectivity index (χ0) is 47.3. The first-order valence-electron chi connectivity index (χ1n) is 24.3. The third-order valence-corrected chi connectivity index (χ3v) is 14.6. The lowest BCUT2D eigenvalue weighted by atomic mass is 9.80. The Bertz CT molecular complexity index is 3840. The number of hydrogen-bond donors (Lipinski definition) is 0. The molecule has 11 aromatic rings. The van der Waals surface area contributed by atoms with Crippen molar-refractivity contribution in [3.05, 3.63) is 272 Å². The maximum Gasteiger partial charge on any atom is 0.0541 e. The lowest BCUT2D eigenvalue weighted by molar-refractivity contribution is 0.654. The lowest BCUT2D eigenvalue weighted by Gasteiger charge is -2.29. The summed E-state index contributed by atoms with van der Waals surface area (Å²) in [6, 6.07) is 84.6. The summed E-state index contributed by atoms with van der Waals surface area (Å²) in [4.78, 5) is 2.41. The quantitative estimate of drug-likeness (QED) is 0.124. The van der Waals surface area contributed by atoms with Gasteiger partial charge in [0.15, 0.2) is 0 Å². The molecule has 1 aliphatic carbocycles. The maximum absolute atomic E-state index is 3.95. The second kappa shape index (κ2) is 17.4. The maximum atomic E-state index is 3.95. The molecule has 10 aromatic carbocycles. The van der Waals surface area contributed by atoms with Crippen LogP contribution >= 0.6 is 0 Å². The SMILES string of the molecule is C=C/C=C\C1=C(C)c2ccc(N(c3ccc(-c4ccc5ccccc5c4)cc3)c3cccc(-c4ccc(-c5ccc6c(c5)c5ccccc5n6-c5ccc(-c6ccccc6)cc5)cc4)c3)cc2C1(C)C. The van der Waals surface area contributed by atoms with Crippen molar-refractivity contribution in [2.24, 2.45) is 0 Å². The smallest absolute Gasteiger partial charge is 0.0541 e. The fourth-order valence-corrected chi connectivity index (χ4v) is 10.9. The number of para-hydroxylation sites is 1. The number of allylic oxidation sites excluding steroid dienone is 5. The van der Waals surface area contributed by atoms with E-state index < -0.39 is 0 Å². The van der Waals surface area contributed by atoms with Gasteiger partial charge in [-0.2, -0.15) is 0 Å². The average molecular weight is 897 g/mol. The average Bonchev–Trinajstić information content (AvgIpc) is 3.84. The zero-order valence-electron chi connectivity index (χ0n) is 39.8. The molecule has 0 N–H and O–H groups in total. The molecule has 0 amide bonds. The van der Waals surface area contributed by atoms with E-state index in [0.29, 0.717) is 0 Å². The van der Waals surface area contributed by atoms with Crippen molar-refractivity contribution in [3.63, 3.8) is 0 Å². The Morgan fingerprint density at radius 3 is 1.73 bits per heavy atom. The van der Waals surface area contributed by atoms with Gasteiger partial charge >= 0.3 is 0 Å². The Hall–Kier alpha value is -8.72. The second-order valence-corrected chi connectivity index (χ2v) is 19.1. The summed E-state index contributed by atoms with van der Waals surface area (Å²) in [6.45, 7) is 10.9. The molecule has 0 atom stereocenters. The van der Waals surface area contributed by atoms with Gasteiger partial charge in [-0.15, -0.1) is 0 Å². The van der Waals surface area contributed by atoms with Crippen molar-refractivity contribution in [1.29, 1.82) is 0 Å². The zero-order valence-corrected chi connectivity index (χ0v) is 39.8. The number of rotatable bonds is 10. The van der Waals surface area contributed by atoms with Crippen molar-refractivity contribution >= 4 is 55.2 Å². The minimum atomic E-state index is -0.166. The minimum Gasteiger partial charge on any atom is -0.310 e. The molecule has 0 saturated heterocycles. The van der Waals surface area contributed by atoms with Crippen LogP contribution in [0.25, 0.3) is 88.3 Å². The van der Waals surface area contributed by atoms with Crippen LogP contribution in [0, 0.1) is 0 Å². The van der Waals surface area contributed by atoms with Gasteiger partial charge < -0.3 is 9.47 Å². The van der Waals surface area contributed by atoms with E-state index >= 15 is 0 Å². The van der Waals surface area contributed by atoms with E-state index in [0.717, 1.165) is 28.3 Å². The fraction of sp³-hybridized carbons (Fsp3) is 0.0588. The standard InChI is InChI=1S/C68H52N2/c1-5-6-22-64-46(2)61-40-39-60(45-65(61)68(64,3)4)69(57-35-32-52(33-36-57)55-29-28-48-17-10-11-18-53(48)42-55)59-20-14-19-54(43-59)50-24-26-51(27-25-50)56-34-41-67-63(44-56)62-21-12-13-23-66(62)70(67)58-37-30-49(31-38-58)47-15-8-7-9-16-47/h5-45H,1H2,2-4H3/b22-6-. The molecule has 0 unspecified atom stereocenters. The Balaban J connectivity index is 0.889. The van der Waals surface area contributed by atoms with Crippen LogP contribution in [0.3, 0.4) is 0 Å². The second-order valence-electron chi connectivity index (χ2n) is 19.1. The Labute approximate surface area is 411 Å². The summed E-state index contributed by atoms with van der Waals surface area (Å²) in [6.07, 6.45) is 6.14. The number of hydrogen-bond acceptors (Lipinski definition) is 1. The van der Waals surface area contributed by atoms with Crippen molar-refractivity contribution < 1.29 is 0 Å². The molecule has 334 valence electrons. The lowest BCUT2D eigenvalue weighted by Crippen LogP contribution is -2.17. The molecule has 2 heteroatoms. The van der Waals surface area contributed by atoms with Gasteiger partial charge in [-0.05, 0) is 157 Å². The molecular formula is C68H52N2. The summed E-state index contributed by atoms with van der Waals surface area (Å²) in [5.41, 5.74) is 21.5. The summed E-state index contributed by atoms with van der Waals surface area (Å²) in [7, 11) is 0. The van der Waals surface area contributed by atoms with E-state index in [1.54, 1.807) is 0 Å². The van der Waals surface area contributed by atoms with E-state index in [9.17, 15) is 0 Å². The van der Waals surface area contributed by atoms with Crippen LogP contribution in [-0.4, -0.2) is 4.57 Å². The first-order valence-corrected chi connectivity index (χ1v) is 24.3. The summed E-state index contributed by atoms with van der Waals surface area (Å²) < 4.78 is 2.39. The highest BCUT2D eigenvalue weighted by molar-refractivity contribution is 6.10. The summed E-state index contributed by atoms with van der Waals surface area (Å²) in [5, 5.41) is 4.98. The normalized spacial score (nSPS) is 13.1. The van der Waals surface area contributed by atoms with Gasteiger partial charge in [0.2, 0.25) is 0 Å². The van der Waals surface area contributed by atoms with Crippen LogP contribution in [0.5, 0.6) is 0 Å². The fourth-order valence-electron chi connectivity index (χ4n) is 10.9. The van der Waals surface area contributed by atoms with Crippen LogP contribution in [0.15, 0.2) is 261 Å². The summed E-state index contributed by atoms with van der Waals surface area (Å²) >= 11 is 0. The molecule has 2 nitrogen and oxygen atoms in total. The van der Waals surface area contributed by atoms with E-state index in [1.165, 1.54) is 93.8 Å². The van der Waals surface area contributed by atoms with Crippen LogP contribution in [-0.2, 0) is 5.41 Å². The molecule has 1 aromatic heterocycles. The predicted molar refractivity (Wildman–Crippen MR) is 300 cm³/mol. The summed E-state index contributed by atoms with van der Waals surface area (Å²) in [5.74, 6) is 0. The number of fused-ring (bicyclic) bond motifs is 5.